The lowest BCUT2D eigenvalue weighted by molar-refractivity contribution is -0.0242. The first-order chi connectivity index (χ1) is 10.3. The van der Waals surface area contributed by atoms with E-state index < -0.39 is 0 Å². The van der Waals surface area contributed by atoms with Crippen LogP contribution in [-0.2, 0) is 0 Å². The molecular formula is C18H28N2O. The van der Waals surface area contributed by atoms with Gasteiger partial charge in [-0.2, -0.15) is 0 Å². The summed E-state index contributed by atoms with van der Waals surface area (Å²) in [5.41, 5.74) is 1.39. The fraction of sp³-hybridized carbons (Fsp3) is 0.667. The standard InChI is InChI=1S/C18H28N2O/c1-3-11-19-16-14-18(9-12-20(4-2)13-10-18)21-17-8-6-5-7-15(16)17/h5-8,16,19H,3-4,9-14H2,1-2H3. The Kier molecular flexibility index (Phi) is 4.51. The summed E-state index contributed by atoms with van der Waals surface area (Å²) in [6, 6.07) is 9.03. The molecule has 0 aromatic heterocycles. The lowest BCUT2D eigenvalue weighted by Gasteiger charge is -2.47. The van der Waals surface area contributed by atoms with Gasteiger partial charge in [0.25, 0.3) is 0 Å². The maximum Gasteiger partial charge on any atom is 0.124 e. The summed E-state index contributed by atoms with van der Waals surface area (Å²) < 4.78 is 6.50. The molecule has 2 aliphatic heterocycles. The molecule has 1 aromatic carbocycles. The number of likely N-dealkylation sites (tertiary alicyclic amines) is 1. The van der Waals surface area contributed by atoms with Gasteiger partial charge in [-0.25, -0.2) is 0 Å². The van der Waals surface area contributed by atoms with Crippen LogP contribution >= 0.6 is 0 Å². The van der Waals surface area contributed by atoms with Crippen molar-refractivity contribution in [2.75, 3.05) is 26.2 Å². The van der Waals surface area contributed by atoms with Gasteiger partial charge in [0.2, 0.25) is 0 Å². The monoisotopic (exact) mass is 288 g/mol. The maximum atomic E-state index is 6.50. The Hall–Kier alpha value is -1.06. The number of rotatable bonds is 4. The van der Waals surface area contributed by atoms with E-state index in [0.717, 1.165) is 38.1 Å². The minimum atomic E-state index is 0.0471. The van der Waals surface area contributed by atoms with Gasteiger partial charge in [0, 0.05) is 31.1 Å². The van der Waals surface area contributed by atoms with Crippen molar-refractivity contribution in [3.63, 3.8) is 0 Å². The predicted octanol–water partition coefficient (Wildman–Crippen LogP) is 3.36. The molecule has 1 atom stereocenters. The molecule has 3 nitrogen and oxygen atoms in total. The van der Waals surface area contributed by atoms with E-state index in [1.165, 1.54) is 25.1 Å². The number of piperidine rings is 1. The Balaban J connectivity index is 1.80. The third kappa shape index (κ3) is 3.09. The number of hydrogen-bond acceptors (Lipinski definition) is 3. The molecule has 0 radical (unpaired) electrons. The summed E-state index contributed by atoms with van der Waals surface area (Å²) in [5.74, 6) is 1.10. The van der Waals surface area contributed by atoms with E-state index in [2.05, 4.69) is 48.3 Å². The zero-order valence-corrected chi connectivity index (χ0v) is 13.4. The summed E-state index contributed by atoms with van der Waals surface area (Å²) in [4.78, 5) is 2.53. The van der Waals surface area contributed by atoms with Gasteiger partial charge in [-0.3, -0.25) is 0 Å². The lowest BCUT2D eigenvalue weighted by Crippen LogP contribution is -2.51. The molecule has 116 valence electrons. The zero-order chi connectivity index (χ0) is 14.7. The second-order valence-corrected chi connectivity index (χ2v) is 6.47. The number of para-hydroxylation sites is 1. The molecule has 1 unspecified atom stereocenters. The van der Waals surface area contributed by atoms with Crippen LogP contribution in [0.3, 0.4) is 0 Å². The second kappa shape index (κ2) is 6.37. The number of hydrogen-bond donors (Lipinski definition) is 1. The summed E-state index contributed by atoms with van der Waals surface area (Å²) >= 11 is 0. The molecule has 2 aliphatic rings. The van der Waals surface area contributed by atoms with E-state index in [1.807, 2.05) is 0 Å². The van der Waals surface area contributed by atoms with E-state index in [4.69, 9.17) is 4.74 Å². The van der Waals surface area contributed by atoms with Gasteiger partial charge in [0.15, 0.2) is 0 Å². The van der Waals surface area contributed by atoms with Gasteiger partial charge in [-0.15, -0.1) is 0 Å². The number of nitrogens with zero attached hydrogens (tertiary/aromatic N) is 1. The van der Waals surface area contributed by atoms with Crippen LogP contribution in [0, 0.1) is 0 Å². The van der Waals surface area contributed by atoms with Crippen molar-refractivity contribution in [1.82, 2.24) is 10.2 Å². The predicted molar refractivity (Wildman–Crippen MR) is 86.8 cm³/mol. The Morgan fingerprint density at radius 3 is 2.71 bits per heavy atom. The molecule has 1 N–H and O–H groups in total. The van der Waals surface area contributed by atoms with Crippen LogP contribution in [0.1, 0.15) is 51.1 Å². The first kappa shape index (κ1) is 14.9. The van der Waals surface area contributed by atoms with Crippen molar-refractivity contribution in [2.45, 2.75) is 51.2 Å². The first-order valence-electron chi connectivity index (χ1n) is 8.50. The molecule has 2 heterocycles. The highest BCUT2D eigenvalue weighted by Crippen LogP contribution is 2.44. The molecule has 1 aromatic rings. The normalized spacial score (nSPS) is 24.6. The van der Waals surface area contributed by atoms with Crippen LogP contribution in [0.5, 0.6) is 5.75 Å². The highest BCUT2D eigenvalue weighted by Gasteiger charge is 2.42. The number of fused-ring (bicyclic) bond motifs is 1. The minimum absolute atomic E-state index is 0.0471. The highest BCUT2D eigenvalue weighted by atomic mass is 16.5. The SMILES string of the molecule is CCCNC1CC2(CCN(CC)CC2)Oc2ccccc21. The number of ether oxygens (including phenoxy) is 1. The summed E-state index contributed by atoms with van der Waals surface area (Å²) in [6.07, 6.45) is 4.59. The van der Waals surface area contributed by atoms with Crippen molar-refractivity contribution in [3.8, 4) is 5.75 Å². The quantitative estimate of drug-likeness (QED) is 0.919. The van der Waals surface area contributed by atoms with Crippen molar-refractivity contribution >= 4 is 0 Å². The van der Waals surface area contributed by atoms with Crippen molar-refractivity contribution in [2.24, 2.45) is 0 Å². The van der Waals surface area contributed by atoms with Crippen LogP contribution in [-0.4, -0.2) is 36.7 Å². The van der Waals surface area contributed by atoms with Gasteiger partial charge >= 0.3 is 0 Å². The first-order valence-corrected chi connectivity index (χ1v) is 8.50. The summed E-state index contributed by atoms with van der Waals surface area (Å²) in [7, 11) is 0. The molecular weight excluding hydrogens is 260 g/mol. The summed E-state index contributed by atoms with van der Waals surface area (Å²) in [5, 5.41) is 3.73. The molecule has 1 fully saturated rings. The van der Waals surface area contributed by atoms with Gasteiger partial charge in [0.1, 0.15) is 11.4 Å². The fourth-order valence-electron chi connectivity index (χ4n) is 3.70. The molecule has 21 heavy (non-hydrogen) atoms. The molecule has 0 amide bonds. The number of nitrogens with one attached hydrogen (secondary N) is 1. The minimum Gasteiger partial charge on any atom is -0.487 e. The van der Waals surface area contributed by atoms with Crippen LogP contribution in [0.4, 0.5) is 0 Å². The van der Waals surface area contributed by atoms with E-state index >= 15 is 0 Å². The molecule has 0 aliphatic carbocycles. The van der Waals surface area contributed by atoms with Gasteiger partial charge < -0.3 is 15.0 Å². The third-order valence-electron chi connectivity index (χ3n) is 5.05. The Morgan fingerprint density at radius 2 is 2.00 bits per heavy atom. The average Bonchev–Trinajstić information content (AvgIpc) is 2.53. The van der Waals surface area contributed by atoms with Crippen molar-refractivity contribution in [1.29, 1.82) is 0 Å². The highest BCUT2D eigenvalue weighted by molar-refractivity contribution is 5.39. The molecule has 0 saturated carbocycles. The second-order valence-electron chi connectivity index (χ2n) is 6.47. The topological polar surface area (TPSA) is 24.5 Å². The largest absolute Gasteiger partial charge is 0.487 e. The van der Waals surface area contributed by atoms with Crippen LogP contribution in [0.15, 0.2) is 24.3 Å². The van der Waals surface area contributed by atoms with Gasteiger partial charge in [-0.05, 0) is 38.4 Å². The molecule has 3 rings (SSSR count). The van der Waals surface area contributed by atoms with Crippen molar-refractivity contribution in [3.05, 3.63) is 29.8 Å². The Morgan fingerprint density at radius 1 is 1.24 bits per heavy atom. The van der Waals surface area contributed by atoms with E-state index in [9.17, 15) is 0 Å². The van der Waals surface area contributed by atoms with Gasteiger partial charge in [-0.1, -0.05) is 32.0 Å². The molecule has 1 saturated heterocycles. The average molecular weight is 288 g/mol. The third-order valence-corrected chi connectivity index (χ3v) is 5.05. The fourth-order valence-corrected chi connectivity index (χ4v) is 3.70. The van der Waals surface area contributed by atoms with Gasteiger partial charge in [0.05, 0.1) is 0 Å². The lowest BCUT2D eigenvalue weighted by atomic mass is 9.80. The number of benzene rings is 1. The zero-order valence-electron chi connectivity index (χ0n) is 13.4. The Bertz CT molecular complexity index is 466. The maximum absolute atomic E-state index is 6.50. The Labute approximate surface area is 128 Å². The van der Waals surface area contributed by atoms with E-state index in [-0.39, 0.29) is 5.60 Å². The van der Waals surface area contributed by atoms with Crippen LogP contribution in [0.25, 0.3) is 0 Å². The molecule has 3 heteroatoms. The van der Waals surface area contributed by atoms with Crippen LogP contribution < -0.4 is 10.1 Å². The van der Waals surface area contributed by atoms with Crippen molar-refractivity contribution < 1.29 is 4.74 Å². The molecule has 0 bridgehead atoms. The van der Waals surface area contributed by atoms with E-state index in [1.54, 1.807) is 0 Å². The van der Waals surface area contributed by atoms with E-state index in [0.29, 0.717) is 6.04 Å². The van der Waals surface area contributed by atoms with Crippen LogP contribution in [0.2, 0.25) is 0 Å². The smallest absolute Gasteiger partial charge is 0.124 e. The molecule has 1 spiro atoms. The summed E-state index contributed by atoms with van der Waals surface area (Å²) in [6.45, 7) is 9.05.